The third kappa shape index (κ3) is 3.79. The topological polar surface area (TPSA) is 63.3 Å². The first kappa shape index (κ1) is 17.7. The third-order valence-corrected chi connectivity index (χ3v) is 4.75. The van der Waals surface area contributed by atoms with Crippen LogP contribution in [-0.2, 0) is 25.9 Å². The van der Waals surface area contributed by atoms with Gasteiger partial charge in [0.05, 0.1) is 6.54 Å². The van der Waals surface area contributed by atoms with Gasteiger partial charge in [0.2, 0.25) is 0 Å². The number of aryl methyl sites for hydroxylation is 2. The molecule has 2 aromatic rings. The van der Waals surface area contributed by atoms with Crippen LogP contribution in [0, 0.1) is 6.92 Å². The number of carbonyl (C=O) groups is 1. The average molecular weight is 344 g/mol. The molecule has 25 heavy (non-hydrogen) atoms. The molecule has 1 aliphatic carbocycles. The van der Waals surface area contributed by atoms with E-state index in [4.69, 9.17) is 4.42 Å². The Morgan fingerprint density at radius 1 is 1.44 bits per heavy atom. The summed E-state index contributed by atoms with van der Waals surface area (Å²) < 4.78 is 7.67. The van der Waals surface area contributed by atoms with Gasteiger partial charge in [-0.25, -0.2) is 0 Å². The van der Waals surface area contributed by atoms with Crippen LogP contribution in [0.4, 0.5) is 0 Å². The van der Waals surface area contributed by atoms with E-state index in [1.54, 1.807) is 19.0 Å². The van der Waals surface area contributed by atoms with Crippen molar-refractivity contribution in [1.29, 1.82) is 0 Å². The van der Waals surface area contributed by atoms with Crippen LogP contribution in [0.3, 0.4) is 0 Å². The van der Waals surface area contributed by atoms with Crippen LogP contribution in [0.25, 0.3) is 0 Å². The van der Waals surface area contributed by atoms with E-state index < -0.39 is 0 Å². The quantitative estimate of drug-likeness (QED) is 0.875. The van der Waals surface area contributed by atoms with Crippen LogP contribution in [0.1, 0.15) is 53.0 Å². The van der Waals surface area contributed by atoms with Crippen LogP contribution < -0.4 is 5.32 Å². The summed E-state index contributed by atoms with van der Waals surface area (Å²) in [6, 6.07) is 4.33. The summed E-state index contributed by atoms with van der Waals surface area (Å²) in [5.74, 6) is 1.88. The Morgan fingerprint density at radius 2 is 2.24 bits per heavy atom. The van der Waals surface area contributed by atoms with Crippen molar-refractivity contribution in [2.75, 3.05) is 14.1 Å². The van der Waals surface area contributed by atoms with Crippen molar-refractivity contribution in [3.63, 3.8) is 0 Å². The van der Waals surface area contributed by atoms with E-state index in [1.807, 2.05) is 23.7 Å². The Kier molecular flexibility index (Phi) is 5.27. The first-order chi connectivity index (χ1) is 12.0. The molecule has 6 nitrogen and oxygen atoms in total. The summed E-state index contributed by atoms with van der Waals surface area (Å²) in [5, 5.41) is 8.21. The molecule has 1 aliphatic rings. The maximum absolute atomic E-state index is 12.5. The lowest BCUT2D eigenvalue weighted by Gasteiger charge is -2.24. The fourth-order valence-corrected chi connectivity index (χ4v) is 3.47. The van der Waals surface area contributed by atoms with Crippen molar-refractivity contribution < 1.29 is 9.21 Å². The molecule has 0 aromatic carbocycles. The van der Waals surface area contributed by atoms with E-state index in [2.05, 4.69) is 17.3 Å². The maximum atomic E-state index is 12.5. The van der Waals surface area contributed by atoms with Crippen LogP contribution >= 0.6 is 0 Å². The number of furan rings is 1. The van der Waals surface area contributed by atoms with Crippen LogP contribution in [0.2, 0.25) is 0 Å². The normalized spacial score (nSPS) is 16.7. The number of aromatic nitrogens is 2. The number of hydrogen-bond acceptors (Lipinski definition) is 4. The van der Waals surface area contributed by atoms with E-state index in [1.165, 1.54) is 5.69 Å². The van der Waals surface area contributed by atoms with Gasteiger partial charge < -0.3 is 14.6 Å². The highest BCUT2D eigenvalue weighted by Crippen LogP contribution is 2.26. The fraction of sp³-hybridized carbons (Fsp3) is 0.579. The number of rotatable bonds is 6. The smallest absolute Gasteiger partial charge is 0.274 e. The molecular formula is C19H28N4O2. The predicted octanol–water partition coefficient (Wildman–Crippen LogP) is 2.54. The van der Waals surface area contributed by atoms with E-state index in [9.17, 15) is 4.79 Å². The summed E-state index contributed by atoms with van der Waals surface area (Å²) in [5.41, 5.74) is 2.97. The van der Waals surface area contributed by atoms with E-state index in [-0.39, 0.29) is 5.91 Å². The van der Waals surface area contributed by atoms with Crippen molar-refractivity contribution in [3.8, 4) is 0 Å². The minimum absolute atomic E-state index is 0.00610. The van der Waals surface area contributed by atoms with Crippen molar-refractivity contribution in [3.05, 3.63) is 40.6 Å². The van der Waals surface area contributed by atoms with E-state index in [0.717, 1.165) is 49.3 Å². The molecule has 136 valence electrons. The third-order valence-electron chi connectivity index (χ3n) is 4.75. The molecule has 0 saturated heterocycles. The van der Waals surface area contributed by atoms with Crippen molar-refractivity contribution in [2.45, 2.75) is 58.7 Å². The summed E-state index contributed by atoms with van der Waals surface area (Å²) in [6.45, 7) is 5.68. The van der Waals surface area contributed by atoms with Gasteiger partial charge >= 0.3 is 0 Å². The highest BCUT2D eigenvalue weighted by molar-refractivity contribution is 5.93. The predicted molar refractivity (Wildman–Crippen MR) is 96.6 cm³/mol. The summed E-state index contributed by atoms with van der Waals surface area (Å²) in [6.07, 6.45) is 3.87. The molecule has 1 unspecified atom stereocenters. The largest absolute Gasteiger partial charge is 0.465 e. The Bertz CT molecular complexity index is 745. The maximum Gasteiger partial charge on any atom is 0.274 e. The molecule has 0 saturated carbocycles. The number of nitrogens with zero attached hydrogens (tertiary/aromatic N) is 3. The molecule has 2 aromatic heterocycles. The highest BCUT2D eigenvalue weighted by atomic mass is 16.3. The first-order valence-corrected chi connectivity index (χ1v) is 9.08. The molecule has 0 fully saturated rings. The second-order valence-corrected chi connectivity index (χ2v) is 7.03. The monoisotopic (exact) mass is 344 g/mol. The second-order valence-electron chi connectivity index (χ2n) is 7.03. The average Bonchev–Trinajstić information content (AvgIpc) is 3.16. The Balaban J connectivity index is 1.77. The molecule has 0 bridgehead atoms. The van der Waals surface area contributed by atoms with Gasteiger partial charge in [-0.2, -0.15) is 5.10 Å². The second kappa shape index (κ2) is 7.44. The Labute approximate surface area is 149 Å². The zero-order valence-corrected chi connectivity index (χ0v) is 15.6. The number of amides is 1. The minimum Gasteiger partial charge on any atom is -0.465 e. The van der Waals surface area contributed by atoms with Gasteiger partial charge in [0.1, 0.15) is 11.5 Å². The number of hydrogen-bond donors (Lipinski definition) is 1. The summed E-state index contributed by atoms with van der Waals surface area (Å²) in [7, 11) is 3.57. The molecule has 0 aliphatic heterocycles. The summed E-state index contributed by atoms with van der Waals surface area (Å²) >= 11 is 0. The van der Waals surface area contributed by atoms with E-state index in [0.29, 0.717) is 18.3 Å². The number of fused-ring (bicyclic) bond motifs is 1. The van der Waals surface area contributed by atoms with Gasteiger partial charge in [0, 0.05) is 37.9 Å². The molecular weight excluding hydrogens is 316 g/mol. The molecule has 3 rings (SSSR count). The van der Waals surface area contributed by atoms with Gasteiger partial charge in [-0.05, 0) is 44.7 Å². The molecule has 0 radical (unpaired) electrons. The van der Waals surface area contributed by atoms with E-state index >= 15 is 0 Å². The van der Waals surface area contributed by atoms with Crippen LogP contribution in [-0.4, -0.2) is 40.7 Å². The highest BCUT2D eigenvalue weighted by Gasteiger charge is 2.29. The summed E-state index contributed by atoms with van der Waals surface area (Å²) in [4.78, 5) is 14.2. The zero-order chi connectivity index (χ0) is 18.0. The van der Waals surface area contributed by atoms with Crippen LogP contribution in [0.15, 0.2) is 16.5 Å². The van der Waals surface area contributed by atoms with Crippen molar-refractivity contribution >= 4 is 5.91 Å². The van der Waals surface area contributed by atoms with Gasteiger partial charge in [0.25, 0.3) is 5.91 Å². The van der Waals surface area contributed by atoms with Gasteiger partial charge in [-0.15, -0.1) is 0 Å². The Morgan fingerprint density at radius 3 is 2.88 bits per heavy atom. The SMILES string of the molecule is CCCn1nc(C(=O)N(C)C)c2c1CCC(NCc1ccc(C)o1)C2. The Hall–Kier alpha value is -2.08. The zero-order valence-electron chi connectivity index (χ0n) is 15.6. The minimum atomic E-state index is -0.00610. The van der Waals surface area contributed by atoms with Crippen molar-refractivity contribution in [1.82, 2.24) is 20.0 Å². The molecule has 1 amide bonds. The number of nitrogens with one attached hydrogen (secondary N) is 1. The lowest BCUT2D eigenvalue weighted by atomic mass is 9.91. The molecule has 1 atom stereocenters. The molecule has 1 N–H and O–H groups in total. The standard InChI is InChI=1S/C19H28N4O2/c1-5-10-23-17-9-7-14(20-12-15-8-6-13(2)25-15)11-16(17)18(21-23)19(24)22(3)4/h6,8,14,20H,5,7,9-12H2,1-4H3. The van der Waals surface area contributed by atoms with Gasteiger partial charge in [-0.3, -0.25) is 9.48 Å². The fourth-order valence-electron chi connectivity index (χ4n) is 3.47. The van der Waals surface area contributed by atoms with Crippen LogP contribution in [0.5, 0.6) is 0 Å². The molecule has 6 heteroatoms. The molecule has 2 heterocycles. The lowest BCUT2D eigenvalue weighted by molar-refractivity contribution is 0.0819. The first-order valence-electron chi connectivity index (χ1n) is 9.08. The molecule has 0 spiro atoms. The van der Waals surface area contributed by atoms with Crippen molar-refractivity contribution in [2.24, 2.45) is 0 Å². The number of carbonyl (C=O) groups excluding carboxylic acids is 1. The van der Waals surface area contributed by atoms with Gasteiger partial charge in [-0.1, -0.05) is 6.92 Å². The lowest BCUT2D eigenvalue weighted by Crippen LogP contribution is -2.35. The van der Waals surface area contributed by atoms with Gasteiger partial charge in [0.15, 0.2) is 5.69 Å².